The highest BCUT2D eigenvalue weighted by molar-refractivity contribution is 6.31. The van der Waals surface area contributed by atoms with Gasteiger partial charge in [0.2, 0.25) is 5.78 Å². The largest absolute Gasteiger partial charge is 0.507 e. The first-order chi connectivity index (χ1) is 21.3. The molecule has 0 spiro atoms. The standard InChI is InChI=1S/C32H39NO12/c1-4-32(41)11-18(44-20-10-15(33)30(13(3)43-20)45-19-9-8-16(34)12(2)42-19)22-25(31(32)40)29(39)23-24(28(22)38)27(37)21-14(26(23)36)6-5-7-17(21)35/h5-7,12-13,15-16,18-20,30-31,34-35,38-41H,4,8-11,33H2,1-3H3/t12-,13-,15-,16-,18-,19-,20-,30+,31+,32+/m0/s1. The normalized spacial score (nSPS) is 36.3. The summed E-state index contributed by atoms with van der Waals surface area (Å²) < 4.78 is 24.3. The van der Waals surface area contributed by atoms with Gasteiger partial charge < -0.3 is 55.3 Å². The van der Waals surface area contributed by atoms with Gasteiger partial charge in [0, 0.05) is 42.0 Å². The van der Waals surface area contributed by atoms with Crippen LogP contribution >= 0.6 is 0 Å². The molecule has 2 saturated heterocycles. The summed E-state index contributed by atoms with van der Waals surface area (Å²) in [7, 11) is 0. The zero-order chi connectivity index (χ0) is 32.5. The third kappa shape index (κ3) is 5.11. The molecule has 10 atom stereocenters. The van der Waals surface area contributed by atoms with Crippen LogP contribution in [0.15, 0.2) is 18.2 Å². The minimum absolute atomic E-state index is 0.0141. The summed E-state index contributed by atoms with van der Waals surface area (Å²) in [4.78, 5) is 27.1. The molecule has 2 heterocycles. The smallest absolute Gasteiger partial charge is 0.202 e. The van der Waals surface area contributed by atoms with Crippen molar-refractivity contribution >= 4 is 11.6 Å². The van der Waals surface area contributed by atoms with Crippen molar-refractivity contribution in [1.82, 2.24) is 0 Å². The zero-order valence-corrected chi connectivity index (χ0v) is 25.2. The molecular weight excluding hydrogens is 590 g/mol. The Morgan fingerprint density at radius 3 is 2.24 bits per heavy atom. The number of rotatable bonds is 5. The molecule has 2 fully saturated rings. The van der Waals surface area contributed by atoms with Crippen LogP contribution in [0, 0.1) is 0 Å². The molecule has 2 aliphatic heterocycles. The summed E-state index contributed by atoms with van der Waals surface area (Å²) in [5.41, 5.74) is 2.57. The number of carbonyl (C=O) groups excluding carboxylic acids is 2. The van der Waals surface area contributed by atoms with Crippen molar-refractivity contribution in [3.05, 3.63) is 51.6 Å². The maximum atomic E-state index is 13.6. The lowest BCUT2D eigenvalue weighted by Crippen LogP contribution is -2.55. The van der Waals surface area contributed by atoms with Crippen molar-refractivity contribution in [3.8, 4) is 17.2 Å². The molecule has 4 aliphatic rings. The maximum Gasteiger partial charge on any atom is 0.202 e. The molecule has 0 aromatic heterocycles. The van der Waals surface area contributed by atoms with E-state index in [1.165, 1.54) is 18.2 Å². The summed E-state index contributed by atoms with van der Waals surface area (Å²) >= 11 is 0. The van der Waals surface area contributed by atoms with E-state index in [0.717, 1.165) is 0 Å². The fourth-order valence-electron chi connectivity index (χ4n) is 7.07. The molecule has 13 heteroatoms. The Bertz CT molecular complexity index is 1520. The van der Waals surface area contributed by atoms with Crippen molar-refractivity contribution < 1.29 is 59.2 Å². The quantitative estimate of drug-likeness (QED) is 0.201. The number of hydrogen-bond donors (Lipinski definition) is 7. The number of ether oxygens (including phenoxy) is 4. The van der Waals surface area contributed by atoms with E-state index < -0.39 is 101 Å². The molecule has 0 unspecified atom stereocenters. The monoisotopic (exact) mass is 629 g/mol. The predicted octanol–water partition coefficient (Wildman–Crippen LogP) is 1.95. The van der Waals surface area contributed by atoms with Crippen molar-refractivity contribution in [3.63, 3.8) is 0 Å². The Hall–Kier alpha value is -3.14. The summed E-state index contributed by atoms with van der Waals surface area (Å²) in [5, 5.41) is 66.2. The molecule has 2 aromatic rings. The molecule has 13 nitrogen and oxygen atoms in total. The Balaban J connectivity index is 1.33. The lowest BCUT2D eigenvalue weighted by Gasteiger charge is -2.45. The van der Waals surface area contributed by atoms with Gasteiger partial charge in [0.25, 0.3) is 0 Å². The van der Waals surface area contributed by atoms with E-state index in [2.05, 4.69) is 0 Å². The third-order valence-electron chi connectivity index (χ3n) is 9.69. The number of nitrogens with two attached hydrogens (primary N) is 1. The van der Waals surface area contributed by atoms with Gasteiger partial charge >= 0.3 is 0 Å². The number of phenolic OH excluding ortho intramolecular Hbond substituents is 3. The second kappa shape index (κ2) is 11.6. The Labute approximate surface area is 259 Å². The van der Waals surface area contributed by atoms with Gasteiger partial charge in [-0.1, -0.05) is 19.1 Å². The molecule has 0 bridgehead atoms. The number of aromatic hydroxyl groups is 3. The number of aliphatic hydroxyl groups excluding tert-OH is 2. The van der Waals surface area contributed by atoms with Crippen LogP contribution in [0.25, 0.3) is 0 Å². The van der Waals surface area contributed by atoms with Gasteiger partial charge in [-0.05, 0) is 32.8 Å². The number of aliphatic hydroxyl groups is 3. The third-order valence-corrected chi connectivity index (χ3v) is 9.69. The average molecular weight is 630 g/mol. The first kappa shape index (κ1) is 31.8. The first-order valence-corrected chi connectivity index (χ1v) is 15.3. The summed E-state index contributed by atoms with van der Waals surface area (Å²) in [6, 6.07) is 3.32. The van der Waals surface area contributed by atoms with E-state index in [-0.39, 0.29) is 41.5 Å². The summed E-state index contributed by atoms with van der Waals surface area (Å²) in [5.74, 6) is -3.69. The molecule has 8 N–H and O–H groups in total. The second-order valence-corrected chi connectivity index (χ2v) is 12.5. The Morgan fingerprint density at radius 2 is 1.58 bits per heavy atom. The SMILES string of the molecule is CC[C@@]1(O)C[C@H](O[C@H]2C[C@H](N)[C@H](O[C@H]3CC[C@H](O)[C@H](C)O3)[C@H](C)O2)c2c(O)c3c(c(O)c2[C@H]1O)C(=O)c1cccc(O)c1C3=O. The minimum Gasteiger partial charge on any atom is -0.507 e. The number of carbonyl (C=O) groups is 2. The van der Waals surface area contributed by atoms with Crippen LogP contribution in [-0.4, -0.2) is 90.8 Å². The first-order valence-electron chi connectivity index (χ1n) is 15.3. The van der Waals surface area contributed by atoms with Gasteiger partial charge in [-0.25, -0.2) is 0 Å². The van der Waals surface area contributed by atoms with Crippen LogP contribution in [0.4, 0.5) is 0 Å². The number of ketones is 2. The molecule has 2 aromatic carbocycles. The predicted molar refractivity (Wildman–Crippen MR) is 155 cm³/mol. The van der Waals surface area contributed by atoms with E-state index in [0.29, 0.717) is 12.8 Å². The van der Waals surface area contributed by atoms with Crippen molar-refractivity contribution in [2.75, 3.05) is 0 Å². The van der Waals surface area contributed by atoms with Gasteiger partial charge in [0.05, 0.1) is 46.7 Å². The van der Waals surface area contributed by atoms with E-state index >= 15 is 0 Å². The molecule has 6 rings (SSSR count). The highest BCUT2D eigenvalue weighted by Gasteiger charge is 2.51. The lowest BCUT2D eigenvalue weighted by atomic mass is 9.70. The number of phenols is 3. The number of fused-ring (bicyclic) bond motifs is 3. The van der Waals surface area contributed by atoms with Crippen LogP contribution in [0.2, 0.25) is 0 Å². The fourth-order valence-corrected chi connectivity index (χ4v) is 7.07. The highest BCUT2D eigenvalue weighted by atomic mass is 16.7. The Morgan fingerprint density at radius 1 is 0.911 bits per heavy atom. The van der Waals surface area contributed by atoms with Crippen LogP contribution in [0.3, 0.4) is 0 Å². The average Bonchev–Trinajstić information content (AvgIpc) is 2.99. The van der Waals surface area contributed by atoms with E-state index in [1.54, 1.807) is 20.8 Å². The number of benzene rings is 2. The topological polar surface area (TPSA) is 218 Å². The minimum atomic E-state index is -1.85. The molecule has 0 radical (unpaired) electrons. The lowest BCUT2D eigenvalue weighted by molar-refractivity contribution is -0.294. The molecule has 0 saturated carbocycles. The Kier molecular flexibility index (Phi) is 8.19. The van der Waals surface area contributed by atoms with Crippen molar-refractivity contribution in [1.29, 1.82) is 0 Å². The van der Waals surface area contributed by atoms with Crippen LogP contribution in [0.1, 0.15) is 108 Å². The summed E-state index contributed by atoms with van der Waals surface area (Å²) in [6.07, 6.45) is -5.80. The number of hydrogen-bond acceptors (Lipinski definition) is 13. The van der Waals surface area contributed by atoms with E-state index in [4.69, 9.17) is 24.7 Å². The van der Waals surface area contributed by atoms with Crippen molar-refractivity contribution in [2.24, 2.45) is 5.73 Å². The molecule has 2 aliphatic carbocycles. The van der Waals surface area contributed by atoms with Crippen LogP contribution in [-0.2, 0) is 18.9 Å². The van der Waals surface area contributed by atoms with Crippen LogP contribution < -0.4 is 5.73 Å². The van der Waals surface area contributed by atoms with Gasteiger partial charge in [-0.15, -0.1) is 0 Å². The maximum absolute atomic E-state index is 13.6. The fraction of sp³-hybridized carbons (Fsp3) is 0.562. The van der Waals surface area contributed by atoms with Gasteiger partial charge in [-0.3, -0.25) is 9.59 Å². The summed E-state index contributed by atoms with van der Waals surface area (Å²) in [6.45, 7) is 5.13. The van der Waals surface area contributed by atoms with E-state index in [1.807, 2.05) is 0 Å². The molecule has 0 amide bonds. The van der Waals surface area contributed by atoms with Gasteiger partial charge in [0.1, 0.15) is 29.5 Å². The molecule has 244 valence electrons. The van der Waals surface area contributed by atoms with Gasteiger partial charge in [-0.2, -0.15) is 0 Å². The zero-order valence-electron chi connectivity index (χ0n) is 25.2. The van der Waals surface area contributed by atoms with Gasteiger partial charge in [0.15, 0.2) is 18.4 Å². The van der Waals surface area contributed by atoms with Crippen LogP contribution in [0.5, 0.6) is 17.2 Å². The molecular formula is C32H39NO12. The van der Waals surface area contributed by atoms with E-state index in [9.17, 15) is 40.2 Å². The van der Waals surface area contributed by atoms with Crippen molar-refractivity contribution in [2.45, 2.75) is 114 Å². The highest BCUT2D eigenvalue weighted by Crippen LogP contribution is 2.56. The second-order valence-electron chi connectivity index (χ2n) is 12.5. The molecule has 45 heavy (non-hydrogen) atoms.